The van der Waals surface area contributed by atoms with Crippen LogP contribution >= 0.6 is 0 Å². The quantitative estimate of drug-likeness (QED) is 0.376. The molecule has 0 aromatic carbocycles. The molecule has 0 fully saturated rings. The average molecular weight is 252 g/mol. The van der Waals surface area contributed by atoms with E-state index in [0.717, 1.165) is 0 Å². The van der Waals surface area contributed by atoms with Gasteiger partial charge in [0, 0.05) is 0 Å². The van der Waals surface area contributed by atoms with E-state index in [-0.39, 0.29) is 216 Å². The zero-order chi connectivity index (χ0) is 0. The van der Waals surface area contributed by atoms with Gasteiger partial charge >= 0.3 is 187 Å². The Balaban J connectivity index is 0. The van der Waals surface area contributed by atoms with Crippen LogP contribution in [0.2, 0.25) is 0 Å². The Morgan fingerprint density at radius 1 is 1.17 bits per heavy atom. The van der Waals surface area contributed by atoms with Crippen molar-refractivity contribution in [2.75, 3.05) is 0 Å². The van der Waals surface area contributed by atoms with Gasteiger partial charge in [-0.3, -0.25) is 0 Å². The van der Waals surface area contributed by atoms with Crippen LogP contribution in [0.5, 0.6) is 0 Å². The van der Waals surface area contributed by atoms with Gasteiger partial charge in [-0.25, -0.2) is 0 Å². The van der Waals surface area contributed by atoms with Crippen molar-refractivity contribution in [2.45, 2.75) is 0 Å². The van der Waals surface area contributed by atoms with Gasteiger partial charge in [0.05, 0.1) is 0 Å². The molecule has 0 bridgehead atoms. The minimum atomic E-state index is 0. The predicted octanol–water partition coefficient (Wildman–Crippen LogP) is -7.42. The minimum Gasteiger partial charge on any atom is -1.00 e. The largest absolute Gasteiger partial charge is 2.00 e. The van der Waals surface area contributed by atoms with Crippen LogP contribution in [0.3, 0.4) is 0 Å². The van der Waals surface area contributed by atoms with Gasteiger partial charge in [-0.15, -0.1) is 0 Å². The van der Waals surface area contributed by atoms with Crippen molar-refractivity contribution in [1.82, 2.24) is 0 Å². The molecule has 0 spiro atoms. The Kier molecular flexibility index (Phi) is 193. The third-order valence-electron chi connectivity index (χ3n) is 0. The van der Waals surface area contributed by atoms with Gasteiger partial charge in [0.15, 0.2) is 17.4 Å². The van der Waals surface area contributed by atoms with E-state index in [2.05, 4.69) is 0 Å². The Hall–Kier alpha value is 6.68. The maximum atomic E-state index is 0. The van der Waals surface area contributed by atoms with Gasteiger partial charge in [0.2, 0.25) is 0 Å². The zero-order valence-corrected chi connectivity index (χ0v) is 16.3. The van der Waals surface area contributed by atoms with Crippen molar-refractivity contribution >= 4 is 124 Å². The maximum absolute atomic E-state index is 0. The fourth-order valence-electron chi connectivity index (χ4n) is 0. The first-order valence-corrected chi connectivity index (χ1v) is 0. The summed E-state index contributed by atoms with van der Waals surface area (Å²) >= 11 is 0. The fraction of sp³-hybridized carbons (Fsp3) is 0. The standard InChI is InChI=1S/Al.Ca.K.Mg.Na.Sr.11H/q;+2;+1;+2;+1;+2;;;;8*-1. The van der Waals surface area contributed by atoms with Crippen LogP contribution in [0.1, 0.15) is 11.4 Å². The van der Waals surface area contributed by atoms with Crippen LogP contribution in [0, 0.1) is 0 Å². The van der Waals surface area contributed by atoms with E-state index in [9.17, 15) is 0 Å². The van der Waals surface area contributed by atoms with Gasteiger partial charge < -0.3 is 11.4 Å². The fourth-order valence-corrected chi connectivity index (χ4v) is 0. The van der Waals surface area contributed by atoms with Gasteiger partial charge in [-0.05, 0) is 0 Å². The van der Waals surface area contributed by atoms with Crippen LogP contribution in [0.4, 0.5) is 0 Å². The molecule has 0 rings (SSSR count). The smallest absolute Gasteiger partial charge is 1.00 e. The Labute approximate surface area is 209 Å². The number of rotatable bonds is 0. The van der Waals surface area contributed by atoms with E-state index in [1.54, 1.807) is 0 Å². The van der Waals surface area contributed by atoms with E-state index < -0.39 is 0 Å². The summed E-state index contributed by atoms with van der Waals surface area (Å²) in [5.74, 6) is 0. The maximum Gasteiger partial charge on any atom is 2.00 e. The van der Waals surface area contributed by atoms with Crippen LogP contribution in [0.25, 0.3) is 0 Å². The van der Waals surface area contributed by atoms with Crippen molar-refractivity contribution in [2.24, 2.45) is 0 Å². The molecule has 0 saturated heterocycles. The Bertz CT molecular complexity index is 29.3. The number of hydrogen-bond acceptors (Lipinski definition) is 0. The van der Waals surface area contributed by atoms with Crippen LogP contribution in [-0.2, 0) is 0 Å². The molecule has 0 nitrogen and oxygen atoms in total. The molecular weight excluding hydrogens is 241 g/mol. The van der Waals surface area contributed by atoms with Crippen molar-refractivity contribution < 1.29 is 92.4 Å². The summed E-state index contributed by atoms with van der Waals surface area (Å²) in [6, 6.07) is 0. The summed E-state index contributed by atoms with van der Waals surface area (Å²) in [5, 5.41) is 0. The van der Waals surface area contributed by atoms with Crippen molar-refractivity contribution in [3.05, 3.63) is 0 Å². The molecule has 0 N–H and O–H groups in total. The van der Waals surface area contributed by atoms with Gasteiger partial charge in [-0.2, -0.15) is 0 Å². The molecule has 6 heteroatoms. The molecule has 0 atom stereocenters. The van der Waals surface area contributed by atoms with E-state index >= 15 is 0 Å². The molecule has 0 saturated carbocycles. The van der Waals surface area contributed by atoms with Crippen molar-refractivity contribution in [1.29, 1.82) is 0 Å². The Morgan fingerprint density at radius 3 is 1.17 bits per heavy atom. The molecule has 0 aliphatic carbocycles. The first kappa shape index (κ1) is 38.8. The molecule has 0 aliphatic rings. The third-order valence-corrected chi connectivity index (χ3v) is 0. The van der Waals surface area contributed by atoms with Gasteiger partial charge in [0.1, 0.15) is 0 Å². The van der Waals surface area contributed by atoms with E-state index in [0.29, 0.717) is 0 Å². The summed E-state index contributed by atoms with van der Waals surface area (Å²) < 4.78 is 0. The topological polar surface area (TPSA) is 0 Å². The molecule has 6 heavy (non-hydrogen) atoms. The normalized spacial score (nSPS) is 0. The molecular formula is H11AlCaKMgNaSr. The van der Waals surface area contributed by atoms with Crippen LogP contribution < -0.4 is 80.9 Å². The molecule has 0 unspecified atom stereocenters. The van der Waals surface area contributed by atoms with E-state index in [4.69, 9.17) is 0 Å². The SMILES string of the molecule is [AlH3].[Ca+2].[H-].[H-].[H-].[H-].[H-].[H-].[H-].[H-].[K+].[Mg+2].[Na+].[Sr+2]. The molecule has 0 aliphatic heterocycles. The molecule has 0 radical (unpaired) electrons. The second kappa shape index (κ2) is 29.9. The summed E-state index contributed by atoms with van der Waals surface area (Å²) in [4.78, 5) is 0. The van der Waals surface area contributed by atoms with Gasteiger partial charge in [0.25, 0.3) is 0 Å². The summed E-state index contributed by atoms with van der Waals surface area (Å²) in [5.41, 5.74) is 0. The zero-order valence-electron chi connectivity index (χ0n) is 12.1. The second-order valence-electron chi connectivity index (χ2n) is 0. The average Bonchev–Trinajstić information content (AvgIpc) is 0. The Morgan fingerprint density at radius 2 is 1.17 bits per heavy atom. The van der Waals surface area contributed by atoms with Gasteiger partial charge in [-0.1, -0.05) is 0 Å². The van der Waals surface area contributed by atoms with Crippen molar-refractivity contribution in [3.8, 4) is 0 Å². The first-order chi connectivity index (χ1) is 0. The van der Waals surface area contributed by atoms with Crippen molar-refractivity contribution in [3.63, 3.8) is 0 Å². The predicted molar refractivity (Wildman–Crippen MR) is 36.1 cm³/mol. The molecule has 22 valence electrons. The first-order valence-electron chi connectivity index (χ1n) is 0. The third kappa shape index (κ3) is 22.4. The minimum absolute atomic E-state index is 0. The second-order valence-corrected chi connectivity index (χ2v) is 0. The summed E-state index contributed by atoms with van der Waals surface area (Å²) in [6.07, 6.45) is 0. The monoisotopic (exact) mass is 252 g/mol. The van der Waals surface area contributed by atoms with Crippen LogP contribution in [-0.4, -0.2) is 124 Å². The molecule has 0 amide bonds. The molecule has 0 aromatic heterocycles. The molecule has 0 aromatic rings. The summed E-state index contributed by atoms with van der Waals surface area (Å²) in [6.45, 7) is 0. The van der Waals surface area contributed by atoms with E-state index in [1.165, 1.54) is 0 Å². The van der Waals surface area contributed by atoms with Crippen LogP contribution in [0.15, 0.2) is 0 Å². The van der Waals surface area contributed by atoms with E-state index in [1.807, 2.05) is 0 Å². The summed E-state index contributed by atoms with van der Waals surface area (Å²) in [7, 11) is 0. The molecule has 0 heterocycles. The number of hydrogen-bond donors (Lipinski definition) is 0.